The van der Waals surface area contributed by atoms with Crippen LogP contribution in [0, 0.1) is 0 Å². The zero-order chi connectivity index (χ0) is 44.5. The number of para-hydroxylation sites is 1. The summed E-state index contributed by atoms with van der Waals surface area (Å²) in [6.07, 6.45) is 0. The van der Waals surface area contributed by atoms with E-state index in [1.165, 1.54) is 22.3 Å². The molecule has 0 aliphatic heterocycles. The van der Waals surface area contributed by atoms with Crippen LogP contribution in [0.1, 0.15) is 0 Å². The number of benzene rings is 10. The molecule has 4 nitrogen and oxygen atoms in total. The van der Waals surface area contributed by atoms with E-state index in [1.54, 1.807) is 0 Å². The van der Waals surface area contributed by atoms with Crippen molar-refractivity contribution in [2.75, 3.05) is 0 Å². The van der Waals surface area contributed by atoms with E-state index in [2.05, 4.69) is 224 Å². The molecule has 2 heterocycles. The van der Waals surface area contributed by atoms with E-state index in [1.807, 2.05) is 24.3 Å². The molecule has 0 fully saturated rings. The summed E-state index contributed by atoms with van der Waals surface area (Å²) in [6, 6.07) is 87.0. The normalized spacial score (nSPS) is 11.3. The topological polar surface area (TPSA) is 51.8 Å². The average molecular weight is 856 g/mol. The molecule has 12 rings (SSSR count). The van der Waals surface area contributed by atoms with Gasteiger partial charge < -0.3 is 4.42 Å². The van der Waals surface area contributed by atoms with Gasteiger partial charge >= 0.3 is 0 Å². The first-order valence-corrected chi connectivity index (χ1v) is 22.6. The summed E-state index contributed by atoms with van der Waals surface area (Å²) in [7, 11) is 0. The molecular formula is C63H41N3O. The Morgan fingerprint density at radius 3 is 1.13 bits per heavy atom. The standard InChI is InChI=1S/C63H41N3O/c1-5-15-42(16-6-1)44-27-29-46(30-28-44)47-33-37-51(38-34-47)62-64-61(50-35-31-45(32-36-50)43-17-7-2-8-18-43)65-63(66-62)56-25-14-26-58-59(56)55-24-13-23-54(60(55)67-58)52-39-40-53(48-19-9-3-10-20-48)57(41-52)49-21-11-4-12-22-49/h1-41H. The minimum atomic E-state index is 0.574. The highest BCUT2D eigenvalue weighted by Gasteiger charge is 2.21. The monoisotopic (exact) mass is 855 g/mol. The van der Waals surface area contributed by atoms with Crippen LogP contribution in [0.3, 0.4) is 0 Å². The van der Waals surface area contributed by atoms with Crippen LogP contribution in [-0.2, 0) is 0 Å². The van der Waals surface area contributed by atoms with Gasteiger partial charge in [-0.1, -0.05) is 237 Å². The van der Waals surface area contributed by atoms with E-state index in [0.29, 0.717) is 17.5 Å². The number of rotatable bonds is 9. The van der Waals surface area contributed by atoms with Crippen LogP contribution >= 0.6 is 0 Å². The van der Waals surface area contributed by atoms with Gasteiger partial charge in [-0.25, -0.2) is 15.0 Å². The summed E-state index contributed by atoms with van der Waals surface area (Å²) < 4.78 is 6.86. The molecule has 0 amide bonds. The van der Waals surface area contributed by atoms with Gasteiger partial charge in [0, 0.05) is 33.0 Å². The summed E-state index contributed by atoms with van der Waals surface area (Å²) in [6.45, 7) is 0. The van der Waals surface area contributed by atoms with Crippen LogP contribution in [0.4, 0.5) is 0 Å². The molecule has 4 heteroatoms. The molecule has 10 aromatic carbocycles. The van der Waals surface area contributed by atoms with E-state index in [9.17, 15) is 0 Å². The van der Waals surface area contributed by atoms with Crippen molar-refractivity contribution >= 4 is 21.9 Å². The molecule has 0 unspecified atom stereocenters. The fourth-order valence-electron chi connectivity index (χ4n) is 9.19. The van der Waals surface area contributed by atoms with Crippen molar-refractivity contribution in [3.63, 3.8) is 0 Å². The van der Waals surface area contributed by atoms with Crippen molar-refractivity contribution in [1.82, 2.24) is 15.0 Å². The number of fused-ring (bicyclic) bond motifs is 3. The fourth-order valence-corrected chi connectivity index (χ4v) is 9.19. The quantitative estimate of drug-likeness (QED) is 0.145. The van der Waals surface area contributed by atoms with Gasteiger partial charge in [0.05, 0.1) is 0 Å². The Morgan fingerprint density at radius 1 is 0.239 bits per heavy atom. The maximum Gasteiger partial charge on any atom is 0.164 e. The Hall–Kier alpha value is -8.99. The lowest BCUT2D eigenvalue weighted by Crippen LogP contribution is -2.00. The first-order valence-electron chi connectivity index (χ1n) is 22.6. The summed E-state index contributed by atoms with van der Waals surface area (Å²) >= 11 is 0. The Morgan fingerprint density at radius 2 is 0.627 bits per heavy atom. The Bertz CT molecular complexity index is 3680. The lowest BCUT2D eigenvalue weighted by molar-refractivity contribution is 0.670. The minimum absolute atomic E-state index is 0.574. The summed E-state index contributed by atoms with van der Waals surface area (Å²) in [4.78, 5) is 15.6. The van der Waals surface area contributed by atoms with Crippen molar-refractivity contribution < 1.29 is 4.42 Å². The van der Waals surface area contributed by atoms with Crippen LogP contribution in [-0.4, -0.2) is 15.0 Å². The Labute approximate surface area is 389 Å². The van der Waals surface area contributed by atoms with Gasteiger partial charge in [-0.3, -0.25) is 0 Å². The Balaban J connectivity index is 0.972. The van der Waals surface area contributed by atoms with Crippen LogP contribution in [0.2, 0.25) is 0 Å². The molecule has 314 valence electrons. The second-order valence-electron chi connectivity index (χ2n) is 16.7. The van der Waals surface area contributed by atoms with Crippen LogP contribution < -0.4 is 0 Å². The second kappa shape index (κ2) is 17.2. The third kappa shape index (κ3) is 7.67. The molecule has 0 bridgehead atoms. The summed E-state index contributed by atoms with van der Waals surface area (Å²) in [5.74, 6) is 1.76. The van der Waals surface area contributed by atoms with Crippen LogP contribution in [0.25, 0.3) is 123 Å². The van der Waals surface area contributed by atoms with E-state index in [0.717, 1.165) is 83.1 Å². The number of furan rings is 1. The van der Waals surface area contributed by atoms with Crippen molar-refractivity contribution in [3.8, 4) is 101 Å². The summed E-state index contributed by atoms with van der Waals surface area (Å²) in [5.41, 5.74) is 17.9. The average Bonchev–Trinajstić information content (AvgIpc) is 3.81. The zero-order valence-electron chi connectivity index (χ0n) is 36.4. The highest BCUT2D eigenvalue weighted by Crippen LogP contribution is 2.43. The van der Waals surface area contributed by atoms with Gasteiger partial charge in [0.1, 0.15) is 11.2 Å². The molecule has 0 saturated carbocycles. The lowest BCUT2D eigenvalue weighted by atomic mass is 9.90. The van der Waals surface area contributed by atoms with Gasteiger partial charge in [-0.05, 0) is 73.3 Å². The van der Waals surface area contributed by atoms with Crippen LogP contribution in [0.15, 0.2) is 253 Å². The van der Waals surface area contributed by atoms with Crippen molar-refractivity contribution in [1.29, 1.82) is 0 Å². The summed E-state index contributed by atoms with van der Waals surface area (Å²) in [5, 5.41) is 1.95. The molecule has 0 aliphatic carbocycles. The Kier molecular flexibility index (Phi) is 10.2. The molecule has 0 atom stereocenters. The molecule has 0 aliphatic rings. The minimum Gasteiger partial charge on any atom is -0.455 e. The van der Waals surface area contributed by atoms with Gasteiger partial charge in [-0.2, -0.15) is 0 Å². The molecule has 12 aromatic rings. The SMILES string of the molecule is c1ccc(-c2ccc(-c3ccc(-c4nc(-c5ccc(-c6ccccc6)cc5)nc(-c5cccc6oc7c(-c8ccc(-c9ccccc9)c(-c9ccccc9)c8)cccc7c56)n4)cc3)cc2)cc1. The third-order valence-corrected chi connectivity index (χ3v) is 12.6. The number of aromatic nitrogens is 3. The first kappa shape index (κ1) is 39.6. The van der Waals surface area contributed by atoms with Gasteiger partial charge in [0.15, 0.2) is 17.5 Å². The molecule has 0 spiro atoms. The molecule has 67 heavy (non-hydrogen) atoms. The largest absolute Gasteiger partial charge is 0.455 e. The molecule has 0 saturated heterocycles. The predicted molar refractivity (Wildman–Crippen MR) is 276 cm³/mol. The van der Waals surface area contributed by atoms with Crippen LogP contribution in [0.5, 0.6) is 0 Å². The van der Waals surface area contributed by atoms with Gasteiger partial charge in [0.25, 0.3) is 0 Å². The first-order chi connectivity index (χ1) is 33.2. The highest BCUT2D eigenvalue weighted by atomic mass is 16.3. The van der Waals surface area contributed by atoms with E-state index >= 15 is 0 Å². The molecule has 0 N–H and O–H groups in total. The van der Waals surface area contributed by atoms with Gasteiger partial charge in [-0.15, -0.1) is 0 Å². The number of hydrogen-bond donors (Lipinski definition) is 0. The third-order valence-electron chi connectivity index (χ3n) is 12.6. The highest BCUT2D eigenvalue weighted by molar-refractivity contribution is 6.15. The fraction of sp³-hybridized carbons (Fsp3) is 0. The molecule has 2 aromatic heterocycles. The number of nitrogens with zero attached hydrogens (tertiary/aromatic N) is 3. The van der Waals surface area contributed by atoms with Crippen molar-refractivity contribution in [2.45, 2.75) is 0 Å². The molecular weight excluding hydrogens is 815 g/mol. The van der Waals surface area contributed by atoms with E-state index < -0.39 is 0 Å². The number of hydrogen-bond acceptors (Lipinski definition) is 4. The maximum absolute atomic E-state index is 6.86. The van der Waals surface area contributed by atoms with E-state index in [-0.39, 0.29) is 0 Å². The second-order valence-corrected chi connectivity index (χ2v) is 16.7. The maximum atomic E-state index is 6.86. The lowest BCUT2D eigenvalue weighted by Gasteiger charge is -2.13. The predicted octanol–water partition coefficient (Wildman–Crippen LogP) is 16.8. The van der Waals surface area contributed by atoms with E-state index in [4.69, 9.17) is 19.4 Å². The van der Waals surface area contributed by atoms with Crippen molar-refractivity contribution in [3.05, 3.63) is 249 Å². The van der Waals surface area contributed by atoms with Crippen molar-refractivity contribution in [2.24, 2.45) is 0 Å². The zero-order valence-corrected chi connectivity index (χ0v) is 36.4. The van der Waals surface area contributed by atoms with Gasteiger partial charge in [0.2, 0.25) is 0 Å². The molecule has 0 radical (unpaired) electrons. The smallest absolute Gasteiger partial charge is 0.164 e.